The first-order valence-corrected chi connectivity index (χ1v) is 6.75. The molecule has 0 bridgehead atoms. The minimum Gasteiger partial charge on any atom is -0.444 e. The van der Waals surface area contributed by atoms with E-state index in [0.717, 1.165) is 6.42 Å². The van der Waals surface area contributed by atoms with Crippen LogP contribution in [-0.2, 0) is 11.3 Å². The van der Waals surface area contributed by atoms with Crippen LogP contribution in [0.5, 0.6) is 0 Å². The third kappa shape index (κ3) is 4.04. The van der Waals surface area contributed by atoms with Gasteiger partial charge in [-0.2, -0.15) is 0 Å². The molecule has 8 heteroatoms. The molecule has 0 fully saturated rings. The molecule has 114 valence electrons. The quantitative estimate of drug-likeness (QED) is 0.823. The number of aryl methyl sites for hydroxylation is 1. The number of rotatable bonds is 4. The van der Waals surface area contributed by atoms with Crippen molar-refractivity contribution in [2.45, 2.75) is 39.3 Å². The molecule has 2 rings (SSSR count). The Balaban J connectivity index is 1.83. The maximum atomic E-state index is 11.5. The molecule has 0 aliphatic heterocycles. The van der Waals surface area contributed by atoms with Gasteiger partial charge in [-0.15, -0.1) is 0 Å². The second-order valence-corrected chi connectivity index (χ2v) is 5.65. The Kier molecular flexibility index (Phi) is 4.25. The standard InChI is InChI=1S/C13H20N6O2/c1-13(2,3)21-12(20)15-5-4-6-19-8-18-9-10(14)16-7-17-11(9)19/h7-8H,4-6H2,1-3H3,(H,15,20)(H2,14,16,17). The van der Waals surface area contributed by atoms with Crippen molar-refractivity contribution in [1.29, 1.82) is 0 Å². The predicted molar refractivity (Wildman–Crippen MR) is 78.6 cm³/mol. The van der Waals surface area contributed by atoms with Gasteiger partial charge in [0.2, 0.25) is 0 Å². The van der Waals surface area contributed by atoms with Crippen molar-refractivity contribution >= 4 is 23.1 Å². The Morgan fingerprint density at radius 3 is 2.86 bits per heavy atom. The van der Waals surface area contributed by atoms with Gasteiger partial charge in [-0.1, -0.05) is 0 Å². The fraction of sp³-hybridized carbons (Fsp3) is 0.538. The molecule has 1 amide bonds. The molecule has 21 heavy (non-hydrogen) atoms. The molecule has 0 aromatic carbocycles. The number of carbonyl (C=O) groups is 1. The van der Waals surface area contributed by atoms with Gasteiger partial charge in [0, 0.05) is 13.1 Å². The summed E-state index contributed by atoms with van der Waals surface area (Å²) in [5.74, 6) is 0.366. The summed E-state index contributed by atoms with van der Waals surface area (Å²) < 4.78 is 7.03. The number of hydrogen-bond acceptors (Lipinski definition) is 6. The molecule has 0 saturated heterocycles. The van der Waals surface area contributed by atoms with Gasteiger partial charge in [-0.3, -0.25) is 0 Å². The van der Waals surface area contributed by atoms with Crippen LogP contribution in [0.15, 0.2) is 12.7 Å². The maximum absolute atomic E-state index is 11.5. The van der Waals surface area contributed by atoms with Gasteiger partial charge >= 0.3 is 6.09 Å². The highest BCUT2D eigenvalue weighted by Crippen LogP contribution is 2.14. The summed E-state index contributed by atoms with van der Waals surface area (Å²) in [6.45, 7) is 6.66. The van der Waals surface area contributed by atoms with E-state index >= 15 is 0 Å². The minimum absolute atomic E-state index is 0.366. The van der Waals surface area contributed by atoms with E-state index in [1.807, 2.05) is 25.3 Å². The first kappa shape index (κ1) is 15.0. The van der Waals surface area contributed by atoms with Gasteiger partial charge in [0.1, 0.15) is 17.4 Å². The molecule has 0 saturated carbocycles. The fourth-order valence-corrected chi connectivity index (χ4v) is 1.82. The van der Waals surface area contributed by atoms with Crippen LogP contribution in [0.3, 0.4) is 0 Å². The number of nitrogens with two attached hydrogens (primary N) is 1. The Labute approximate surface area is 122 Å². The Bertz CT molecular complexity index is 631. The van der Waals surface area contributed by atoms with Crippen molar-refractivity contribution in [3.05, 3.63) is 12.7 Å². The number of imidazole rings is 1. The topological polar surface area (TPSA) is 108 Å². The Morgan fingerprint density at radius 1 is 1.38 bits per heavy atom. The van der Waals surface area contributed by atoms with E-state index in [-0.39, 0.29) is 0 Å². The molecule has 2 aromatic rings. The van der Waals surface area contributed by atoms with E-state index in [9.17, 15) is 4.79 Å². The summed E-state index contributed by atoms with van der Waals surface area (Å²) in [6, 6.07) is 0. The Hall–Kier alpha value is -2.38. The number of aromatic nitrogens is 4. The molecule has 0 aliphatic rings. The van der Waals surface area contributed by atoms with E-state index < -0.39 is 11.7 Å². The number of alkyl carbamates (subject to hydrolysis) is 1. The number of nitrogen functional groups attached to an aromatic ring is 1. The molecule has 0 spiro atoms. The van der Waals surface area contributed by atoms with Gasteiger partial charge in [-0.25, -0.2) is 19.7 Å². The van der Waals surface area contributed by atoms with E-state index in [4.69, 9.17) is 10.5 Å². The average molecular weight is 292 g/mol. The fourth-order valence-electron chi connectivity index (χ4n) is 1.82. The summed E-state index contributed by atoms with van der Waals surface area (Å²) in [6.07, 6.45) is 3.40. The Morgan fingerprint density at radius 2 is 2.14 bits per heavy atom. The van der Waals surface area contributed by atoms with Gasteiger partial charge in [0.05, 0.1) is 6.33 Å². The van der Waals surface area contributed by atoms with E-state index in [0.29, 0.717) is 30.1 Å². The maximum Gasteiger partial charge on any atom is 0.407 e. The highest BCUT2D eigenvalue weighted by atomic mass is 16.6. The third-order valence-corrected chi connectivity index (χ3v) is 2.67. The summed E-state index contributed by atoms with van der Waals surface area (Å²) >= 11 is 0. The number of anilines is 1. The lowest BCUT2D eigenvalue weighted by Crippen LogP contribution is -2.33. The van der Waals surface area contributed by atoms with Gasteiger partial charge < -0.3 is 20.4 Å². The summed E-state index contributed by atoms with van der Waals surface area (Å²) in [7, 11) is 0. The van der Waals surface area contributed by atoms with Gasteiger partial charge in [-0.05, 0) is 27.2 Å². The minimum atomic E-state index is -0.487. The first-order chi connectivity index (χ1) is 9.87. The van der Waals surface area contributed by atoms with E-state index in [1.165, 1.54) is 6.33 Å². The predicted octanol–water partition coefficient (Wildman–Crippen LogP) is 1.32. The molecule has 0 aliphatic carbocycles. The van der Waals surface area contributed by atoms with Crippen LogP contribution in [0.1, 0.15) is 27.2 Å². The molecule has 0 unspecified atom stereocenters. The summed E-state index contributed by atoms with van der Waals surface area (Å²) in [4.78, 5) is 23.7. The summed E-state index contributed by atoms with van der Waals surface area (Å²) in [5, 5.41) is 2.71. The third-order valence-electron chi connectivity index (χ3n) is 2.67. The van der Waals surface area contributed by atoms with Gasteiger partial charge in [0.15, 0.2) is 11.5 Å². The molecule has 2 aromatic heterocycles. The molecule has 2 heterocycles. The van der Waals surface area contributed by atoms with Gasteiger partial charge in [0.25, 0.3) is 0 Å². The molecule has 0 atom stereocenters. The lowest BCUT2D eigenvalue weighted by Gasteiger charge is -2.19. The number of carbonyl (C=O) groups excluding carboxylic acids is 1. The summed E-state index contributed by atoms with van der Waals surface area (Å²) in [5.41, 5.74) is 6.52. The molecular weight excluding hydrogens is 272 g/mol. The first-order valence-electron chi connectivity index (χ1n) is 6.75. The van der Waals surface area contributed by atoms with Crippen LogP contribution in [0.4, 0.5) is 10.6 Å². The van der Waals surface area contributed by atoms with Crippen molar-refractivity contribution in [2.24, 2.45) is 0 Å². The molecular formula is C13H20N6O2. The van der Waals surface area contributed by atoms with E-state index in [1.54, 1.807) is 6.33 Å². The van der Waals surface area contributed by atoms with Crippen molar-refractivity contribution in [3.63, 3.8) is 0 Å². The van der Waals surface area contributed by atoms with Crippen molar-refractivity contribution in [2.75, 3.05) is 12.3 Å². The molecule has 0 radical (unpaired) electrons. The zero-order chi connectivity index (χ0) is 15.5. The van der Waals surface area contributed by atoms with Crippen LogP contribution in [0, 0.1) is 0 Å². The second kappa shape index (κ2) is 5.94. The van der Waals surface area contributed by atoms with Crippen LogP contribution in [-0.4, -0.2) is 37.8 Å². The number of ether oxygens (including phenoxy) is 1. The van der Waals surface area contributed by atoms with E-state index in [2.05, 4.69) is 20.3 Å². The lowest BCUT2D eigenvalue weighted by molar-refractivity contribution is 0.0527. The second-order valence-electron chi connectivity index (χ2n) is 5.65. The molecule has 8 nitrogen and oxygen atoms in total. The van der Waals surface area contributed by atoms with Crippen molar-refractivity contribution in [1.82, 2.24) is 24.8 Å². The van der Waals surface area contributed by atoms with Crippen LogP contribution in [0.2, 0.25) is 0 Å². The smallest absolute Gasteiger partial charge is 0.407 e. The molecule has 3 N–H and O–H groups in total. The van der Waals surface area contributed by atoms with Crippen molar-refractivity contribution < 1.29 is 9.53 Å². The normalized spacial score (nSPS) is 11.6. The van der Waals surface area contributed by atoms with Crippen LogP contribution < -0.4 is 11.1 Å². The largest absolute Gasteiger partial charge is 0.444 e. The van der Waals surface area contributed by atoms with Crippen LogP contribution >= 0.6 is 0 Å². The lowest BCUT2D eigenvalue weighted by atomic mass is 10.2. The highest BCUT2D eigenvalue weighted by molar-refractivity contribution is 5.81. The monoisotopic (exact) mass is 292 g/mol. The highest BCUT2D eigenvalue weighted by Gasteiger charge is 2.15. The SMILES string of the molecule is CC(C)(C)OC(=O)NCCCn1cnc2c(N)ncnc21. The average Bonchev–Trinajstić information content (AvgIpc) is 2.77. The number of hydrogen-bond donors (Lipinski definition) is 2. The van der Waals surface area contributed by atoms with Crippen molar-refractivity contribution in [3.8, 4) is 0 Å². The number of nitrogens with one attached hydrogen (secondary N) is 1. The zero-order valence-electron chi connectivity index (χ0n) is 12.5. The number of fused-ring (bicyclic) bond motifs is 1. The number of amides is 1. The zero-order valence-corrected chi connectivity index (χ0v) is 12.5. The van der Waals surface area contributed by atoms with Crippen LogP contribution in [0.25, 0.3) is 11.2 Å². The number of nitrogens with zero attached hydrogens (tertiary/aromatic N) is 4.